The van der Waals surface area contributed by atoms with Crippen LogP contribution in [-0.2, 0) is 4.43 Å². The third-order valence-corrected chi connectivity index (χ3v) is 2.94. The van der Waals surface area contributed by atoms with Gasteiger partial charge in [0.05, 0.1) is 5.60 Å². The normalized spacial score (nSPS) is 14.0. The highest BCUT2D eigenvalue weighted by atomic mass is 28.2. The summed E-state index contributed by atoms with van der Waals surface area (Å²) in [4.78, 5) is 0. The van der Waals surface area contributed by atoms with E-state index in [-0.39, 0.29) is 15.4 Å². The monoisotopic (exact) mass is 146 g/mol. The Morgan fingerprint density at radius 2 is 1.78 bits per heavy atom. The maximum atomic E-state index is 5.63. The van der Waals surface area contributed by atoms with E-state index >= 15 is 0 Å². The van der Waals surface area contributed by atoms with Gasteiger partial charge in [0, 0.05) is 0 Å². The Morgan fingerprint density at radius 1 is 1.33 bits per heavy atom. The molecule has 0 aromatic carbocycles. The fraction of sp³-hybridized carbons (Fsp3) is 1.00. The van der Waals surface area contributed by atoms with Gasteiger partial charge in [-0.25, -0.2) is 0 Å². The van der Waals surface area contributed by atoms with Gasteiger partial charge < -0.3 is 4.43 Å². The lowest BCUT2D eigenvalue weighted by molar-refractivity contribution is 0.0654. The van der Waals surface area contributed by atoms with Crippen molar-refractivity contribution in [1.29, 1.82) is 0 Å². The van der Waals surface area contributed by atoms with Crippen molar-refractivity contribution in [2.75, 3.05) is 0 Å². The highest BCUT2D eigenvalue weighted by Gasteiger charge is 2.20. The fourth-order valence-electron chi connectivity index (χ4n) is 0.539. The zero-order valence-corrected chi connectivity index (χ0v) is 8.61. The van der Waals surface area contributed by atoms with E-state index in [1.54, 1.807) is 0 Å². The highest BCUT2D eigenvalue weighted by molar-refractivity contribution is 6.25. The van der Waals surface area contributed by atoms with Gasteiger partial charge in [0.15, 0.2) is 9.76 Å². The van der Waals surface area contributed by atoms with Gasteiger partial charge in [0.2, 0.25) is 0 Å². The molecule has 0 saturated carbocycles. The predicted molar refractivity (Wildman–Crippen MR) is 44.4 cm³/mol. The van der Waals surface area contributed by atoms with Crippen LogP contribution in [0.2, 0.25) is 6.55 Å². The van der Waals surface area contributed by atoms with Gasteiger partial charge in [-0.3, -0.25) is 0 Å². The van der Waals surface area contributed by atoms with Crippen LogP contribution < -0.4 is 0 Å². The maximum Gasteiger partial charge on any atom is 0.159 e. The van der Waals surface area contributed by atoms with Crippen LogP contribution in [0.3, 0.4) is 0 Å². The Kier molecular flexibility index (Phi) is 3.44. The molecular weight excluding hydrogens is 128 g/mol. The van der Waals surface area contributed by atoms with E-state index in [0.717, 1.165) is 0 Å². The largest absolute Gasteiger partial charge is 0.419 e. The SMILES string of the molecule is C[SiH2]OC(C)(C)C(C)C. The molecule has 1 nitrogen and oxygen atoms in total. The molecule has 0 aliphatic heterocycles. The van der Waals surface area contributed by atoms with Gasteiger partial charge in [-0.05, 0) is 19.8 Å². The van der Waals surface area contributed by atoms with Crippen LogP contribution in [-0.4, -0.2) is 15.4 Å². The summed E-state index contributed by atoms with van der Waals surface area (Å²) in [5, 5.41) is 0. The summed E-state index contributed by atoms with van der Waals surface area (Å²) in [5.41, 5.74) is 0.112. The molecule has 56 valence electrons. The molecule has 0 aromatic rings. The lowest BCUT2D eigenvalue weighted by atomic mass is 9.95. The van der Waals surface area contributed by atoms with Crippen LogP contribution in [0.15, 0.2) is 0 Å². The third kappa shape index (κ3) is 3.01. The van der Waals surface area contributed by atoms with E-state index in [0.29, 0.717) is 5.92 Å². The molecule has 0 rings (SSSR count). The molecule has 0 radical (unpaired) electrons. The fourth-order valence-corrected chi connectivity index (χ4v) is 1.62. The topological polar surface area (TPSA) is 9.23 Å². The van der Waals surface area contributed by atoms with Crippen LogP contribution in [0.5, 0.6) is 0 Å². The molecule has 0 saturated heterocycles. The summed E-state index contributed by atoms with van der Waals surface area (Å²) in [6.45, 7) is 10.9. The molecule has 2 heteroatoms. The van der Waals surface area contributed by atoms with Crippen LogP contribution in [0.1, 0.15) is 27.7 Å². The molecule has 0 aliphatic rings. The summed E-state index contributed by atoms with van der Waals surface area (Å²) >= 11 is 0. The first kappa shape index (κ1) is 9.18. The second-order valence-corrected chi connectivity index (χ2v) is 4.06. The molecule has 0 aliphatic carbocycles. The van der Waals surface area contributed by atoms with Gasteiger partial charge >= 0.3 is 0 Å². The van der Waals surface area contributed by atoms with Gasteiger partial charge in [-0.15, -0.1) is 0 Å². The molecule has 0 amide bonds. The lowest BCUT2D eigenvalue weighted by Gasteiger charge is -2.29. The number of rotatable bonds is 3. The standard InChI is InChI=1S/C7H18OSi/c1-6(2)7(3,4)8-9-5/h6H,9H2,1-5H3. The van der Waals surface area contributed by atoms with E-state index in [1.807, 2.05) is 0 Å². The molecule has 0 heterocycles. The first-order valence-electron chi connectivity index (χ1n) is 3.64. The minimum atomic E-state index is -0.233. The van der Waals surface area contributed by atoms with E-state index in [9.17, 15) is 0 Å². The van der Waals surface area contributed by atoms with Gasteiger partial charge in [-0.2, -0.15) is 0 Å². The van der Waals surface area contributed by atoms with Crippen molar-refractivity contribution in [2.45, 2.75) is 39.8 Å². The predicted octanol–water partition coefficient (Wildman–Crippen LogP) is 1.57. The van der Waals surface area contributed by atoms with E-state index in [4.69, 9.17) is 4.43 Å². The Hall–Kier alpha value is 0.177. The quantitative estimate of drug-likeness (QED) is 0.549. The van der Waals surface area contributed by atoms with Crippen molar-refractivity contribution in [2.24, 2.45) is 5.92 Å². The van der Waals surface area contributed by atoms with Crippen molar-refractivity contribution in [3.63, 3.8) is 0 Å². The molecule has 0 spiro atoms. The molecule has 9 heavy (non-hydrogen) atoms. The van der Waals surface area contributed by atoms with Gasteiger partial charge in [-0.1, -0.05) is 20.4 Å². The first-order valence-corrected chi connectivity index (χ1v) is 5.63. The first-order chi connectivity index (χ1) is 4.00. The molecule has 0 fully saturated rings. The minimum absolute atomic E-state index is 0.112. The number of hydrogen-bond acceptors (Lipinski definition) is 1. The summed E-state index contributed by atoms with van der Waals surface area (Å²) in [5.74, 6) is 0.630. The molecular formula is C7H18OSi. The summed E-state index contributed by atoms with van der Waals surface area (Å²) in [7, 11) is -0.233. The molecule has 0 bridgehead atoms. The highest BCUT2D eigenvalue weighted by Crippen LogP contribution is 2.18. The zero-order valence-electron chi connectivity index (χ0n) is 7.19. The second kappa shape index (κ2) is 3.37. The number of hydrogen-bond donors (Lipinski definition) is 0. The van der Waals surface area contributed by atoms with Crippen LogP contribution in [0.25, 0.3) is 0 Å². The molecule has 0 aromatic heterocycles. The maximum absolute atomic E-state index is 5.63. The third-order valence-electron chi connectivity index (χ3n) is 1.91. The molecule has 0 atom stereocenters. The van der Waals surface area contributed by atoms with Crippen LogP contribution in [0.4, 0.5) is 0 Å². The Bertz CT molecular complexity index is 79.0. The van der Waals surface area contributed by atoms with Gasteiger partial charge in [0.1, 0.15) is 0 Å². The lowest BCUT2D eigenvalue weighted by Crippen LogP contribution is -2.31. The van der Waals surface area contributed by atoms with Crippen LogP contribution in [0, 0.1) is 5.92 Å². The van der Waals surface area contributed by atoms with Crippen LogP contribution >= 0.6 is 0 Å². The Balaban J connectivity index is 3.70. The summed E-state index contributed by atoms with van der Waals surface area (Å²) < 4.78 is 5.63. The van der Waals surface area contributed by atoms with E-state index < -0.39 is 0 Å². The van der Waals surface area contributed by atoms with Crippen molar-refractivity contribution in [3.05, 3.63) is 0 Å². The molecule has 0 N–H and O–H groups in total. The second-order valence-electron chi connectivity index (χ2n) is 3.19. The smallest absolute Gasteiger partial charge is 0.159 e. The van der Waals surface area contributed by atoms with Gasteiger partial charge in [0.25, 0.3) is 0 Å². The van der Waals surface area contributed by atoms with Crippen molar-refractivity contribution < 1.29 is 4.43 Å². The average Bonchev–Trinajstić information content (AvgIpc) is 1.65. The van der Waals surface area contributed by atoms with Crippen molar-refractivity contribution in [1.82, 2.24) is 0 Å². The van der Waals surface area contributed by atoms with Crippen molar-refractivity contribution >= 4 is 9.76 Å². The van der Waals surface area contributed by atoms with E-state index in [1.165, 1.54) is 0 Å². The Morgan fingerprint density at radius 3 is 1.89 bits per heavy atom. The zero-order chi connectivity index (χ0) is 7.49. The average molecular weight is 146 g/mol. The summed E-state index contributed by atoms with van der Waals surface area (Å²) in [6, 6.07) is 0. The van der Waals surface area contributed by atoms with E-state index in [2.05, 4.69) is 34.2 Å². The van der Waals surface area contributed by atoms with Crippen molar-refractivity contribution in [3.8, 4) is 0 Å². The summed E-state index contributed by atoms with van der Waals surface area (Å²) in [6.07, 6.45) is 0. The Labute approximate surface area is 60.7 Å². The minimum Gasteiger partial charge on any atom is -0.419 e. The molecule has 0 unspecified atom stereocenters.